The van der Waals surface area contributed by atoms with Crippen molar-refractivity contribution in [2.45, 2.75) is 6.42 Å². The lowest BCUT2D eigenvalue weighted by Gasteiger charge is -2.13. The Morgan fingerprint density at radius 2 is 2.07 bits per heavy atom. The molecule has 2 aromatic heterocycles. The third-order valence-electron chi connectivity index (χ3n) is 4.52. The smallest absolute Gasteiger partial charge is 0.293 e. The van der Waals surface area contributed by atoms with Crippen molar-refractivity contribution in [1.29, 1.82) is 0 Å². The summed E-state index contributed by atoms with van der Waals surface area (Å²) in [4.78, 5) is 20.0. The van der Waals surface area contributed by atoms with Crippen LogP contribution in [0.1, 0.15) is 17.0 Å². The second-order valence-electron chi connectivity index (χ2n) is 6.27. The maximum atomic E-state index is 13.3. The molecule has 1 fully saturated rings. The van der Waals surface area contributed by atoms with Gasteiger partial charge in [-0.15, -0.1) is 28.8 Å². The van der Waals surface area contributed by atoms with Crippen LogP contribution < -0.4 is 5.73 Å². The first-order valence-corrected chi connectivity index (χ1v) is 9.30. The van der Waals surface area contributed by atoms with Gasteiger partial charge in [-0.1, -0.05) is 6.07 Å². The summed E-state index contributed by atoms with van der Waals surface area (Å²) in [7, 11) is 0. The molecule has 4 rings (SSSR count). The van der Waals surface area contributed by atoms with Gasteiger partial charge in [-0.3, -0.25) is 4.79 Å². The van der Waals surface area contributed by atoms with Crippen LogP contribution in [0.15, 0.2) is 41.8 Å². The molecule has 1 aromatic carbocycles. The van der Waals surface area contributed by atoms with E-state index in [4.69, 9.17) is 5.73 Å². The van der Waals surface area contributed by atoms with E-state index < -0.39 is 0 Å². The van der Waals surface area contributed by atoms with Crippen LogP contribution in [0.25, 0.3) is 16.4 Å². The zero-order chi connectivity index (χ0) is 18.1. The van der Waals surface area contributed by atoms with Crippen molar-refractivity contribution in [3.8, 4) is 16.4 Å². The van der Waals surface area contributed by atoms with Gasteiger partial charge in [-0.25, -0.2) is 14.1 Å². The van der Waals surface area contributed by atoms with Gasteiger partial charge >= 0.3 is 0 Å². The Kier molecular flexibility index (Phi) is 5.88. The van der Waals surface area contributed by atoms with Crippen LogP contribution in [0, 0.1) is 11.7 Å². The number of amides is 1. The molecule has 1 atom stereocenters. The number of rotatable bonds is 4. The van der Waals surface area contributed by atoms with E-state index in [0.29, 0.717) is 37.1 Å². The minimum absolute atomic E-state index is 0. The number of likely N-dealkylation sites (tertiary alicyclic amines) is 1. The number of carbonyl (C=O) groups is 1. The SMILES string of the molecule is Cl.NCC1CCN(C(=O)c2nc(-c3cccs3)n(-c3ccc(F)cc3)n2)C1. The highest BCUT2D eigenvalue weighted by Gasteiger charge is 2.29. The Labute approximate surface area is 166 Å². The molecule has 1 amide bonds. The second-order valence-corrected chi connectivity index (χ2v) is 7.21. The number of thiophene rings is 1. The largest absolute Gasteiger partial charge is 0.336 e. The van der Waals surface area contributed by atoms with E-state index in [2.05, 4.69) is 10.1 Å². The molecule has 1 aliphatic heterocycles. The lowest BCUT2D eigenvalue weighted by Crippen LogP contribution is -2.30. The number of benzene rings is 1. The molecule has 0 saturated carbocycles. The van der Waals surface area contributed by atoms with E-state index in [1.165, 1.54) is 23.5 Å². The number of halogens is 2. The highest BCUT2D eigenvalue weighted by Crippen LogP contribution is 2.26. The summed E-state index contributed by atoms with van der Waals surface area (Å²) in [5, 5.41) is 6.37. The predicted molar refractivity (Wildman–Crippen MR) is 105 cm³/mol. The molecule has 0 aliphatic carbocycles. The van der Waals surface area contributed by atoms with E-state index >= 15 is 0 Å². The van der Waals surface area contributed by atoms with Crippen LogP contribution in [0.5, 0.6) is 0 Å². The highest BCUT2D eigenvalue weighted by atomic mass is 35.5. The molecule has 0 bridgehead atoms. The summed E-state index contributed by atoms with van der Waals surface area (Å²) in [5.74, 6) is 0.530. The number of hydrogen-bond donors (Lipinski definition) is 1. The topological polar surface area (TPSA) is 77.0 Å². The first-order valence-electron chi connectivity index (χ1n) is 8.42. The van der Waals surface area contributed by atoms with Gasteiger partial charge in [-0.2, -0.15) is 0 Å². The van der Waals surface area contributed by atoms with Gasteiger partial charge in [0.2, 0.25) is 5.82 Å². The fourth-order valence-corrected chi connectivity index (χ4v) is 3.78. The molecule has 1 aliphatic rings. The van der Waals surface area contributed by atoms with Crippen LogP contribution >= 0.6 is 23.7 Å². The van der Waals surface area contributed by atoms with Gasteiger partial charge in [0, 0.05) is 13.1 Å². The Morgan fingerprint density at radius 3 is 2.70 bits per heavy atom. The fourth-order valence-electron chi connectivity index (χ4n) is 3.08. The summed E-state index contributed by atoms with van der Waals surface area (Å²) in [6.45, 7) is 1.87. The Hall–Kier alpha value is -2.29. The van der Waals surface area contributed by atoms with Crippen molar-refractivity contribution >= 4 is 29.7 Å². The summed E-state index contributed by atoms with van der Waals surface area (Å²) >= 11 is 1.51. The average Bonchev–Trinajstić information content (AvgIpc) is 3.40. The monoisotopic (exact) mass is 407 g/mol. The number of nitrogens with two attached hydrogens (primary N) is 1. The van der Waals surface area contributed by atoms with Crippen molar-refractivity contribution in [2.24, 2.45) is 11.7 Å². The molecule has 1 saturated heterocycles. The summed E-state index contributed by atoms with van der Waals surface area (Å²) in [6.07, 6.45) is 0.901. The molecular weight excluding hydrogens is 389 g/mol. The highest BCUT2D eigenvalue weighted by molar-refractivity contribution is 7.13. The fraction of sp³-hybridized carbons (Fsp3) is 0.278. The number of carbonyl (C=O) groups excluding carboxylic acids is 1. The first-order chi connectivity index (χ1) is 12.7. The zero-order valence-electron chi connectivity index (χ0n) is 14.4. The van der Waals surface area contributed by atoms with Gasteiger partial charge in [0.05, 0.1) is 10.6 Å². The molecule has 1 unspecified atom stereocenters. The van der Waals surface area contributed by atoms with E-state index in [-0.39, 0.29) is 30.0 Å². The maximum Gasteiger partial charge on any atom is 0.293 e. The van der Waals surface area contributed by atoms with Crippen LogP contribution in [-0.2, 0) is 0 Å². The quantitative estimate of drug-likeness (QED) is 0.721. The maximum absolute atomic E-state index is 13.3. The third-order valence-corrected chi connectivity index (χ3v) is 5.38. The average molecular weight is 408 g/mol. The van der Waals surface area contributed by atoms with E-state index in [1.54, 1.807) is 21.7 Å². The number of aromatic nitrogens is 3. The van der Waals surface area contributed by atoms with Crippen LogP contribution in [-0.4, -0.2) is 45.2 Å². The zero-order valence-corrected chi connectivity index (χ0v) is 16.0. The summed E-state index contributed by atoms with van der Waals surface area (Å²) in [5.41, 5.74) is 6.37. The molecule has 0 spiro atoms. The molecule has 9 heteroatoms. The lowest BCUT2D eigenvalue weighted by molar-refractivity contribution is 0.0775. The molecular formula is C18H19ClFN5OS. The Bertz CT molecular complexity index is 912. The lowest BCUT2D eigenvalue weighted by atomic mass is 10.1. The third kappa shape index (κ3) is 3.87. The van der Waals surface area contributed by atoms with Crippen LogP contribution in [0.2, 0.25) is 0 Å². The molecule has 142 valence electrons. The molecule has 27 heavy (non-hydrogen) atoms. The van der Waals surface area contributed by atoms with E-state index in [1.807, 2.05) is 17.5 Å². The Balaban J connectivity index is 0.00000210. The number of nitrogens with zero attached hydrogens (tertiary/aromatic N) is 4. The minimum Gasteiger partial charge on any atom is -0.336 e. The van der Waals surface area contributed by atoms with Gasteiger partial charge in [-0.05, 0) is 54.6 Å². The van der Waals surface area contributed by atoms with Gasteiger partial charge in [0.15, 0.2) is 5.82 Å². The number of hydrogen-bond acceptors (Lipinski definition) is 5. The van der Waals surface area contributed by atoms with Gasteiger partial charge < -0.3 is 10.6 Å². The Morgan fingerprint density at radius 1 is 1.30 bits per heavy atom. The van der Waals surface area contributed by atoms with E-state index in [0.717, 1.165) is 11.3 Å². The molecule has 3 heterocycles. The standard InChI is InChI=1S/C18H18FN5OS.ClH/c19-13-3-5-14(6-4-13)24-17(15-2-1-9-26-15)21-16(22-24)18(25)23-8-7-12(10-20)11-23;/h1-6,9,12H,7-8,10-11,20H2;1H. The molecule has 0 radical (unpaired) electrons. The van der Waals surface area contributed by atoms with Gasteiger partial charge in [0.25, 0.3) is 5.91 Å². The van der Waals surface area contributed by atoms with Crippen LogP contribution in [0.4, 0.5) is 4.39 Å². The predicted octanol–water partition coefficient (Wildman–Crippen LogP) is 2.98. The minimum atomic E-state index is -0.326. The van der Waals surface area contributed by atoms with Crippen molar-refractivity contribution < 1.29 is 9.18 Å². The van der Waals surface area contributed by atoms with Gasteiger partial charge in [0.1, 0.15) is 5.82 Å². The molecule has 6 nitrogen and oxygen atoms in total. The normalized spacial score (nSPS) is 16.4. The molecule has 3 aromatic rings. The van der Waals surface area contributed by atoms with Crippen LogP contribution in [0.3, 0.4) is 0 Å². The van der Waals surface area contributed by atoms with Crippen molar-refractivity contribution in [3.05, 3.63) is 53.4 Å². The molecule has 2 N–H and O–H groups in total. The van der Waals surface area contributed by atoms with E-state index in [9.17, 15) is 9.18 Å². The summed E-state index contributed by atoms with van der Waals surface area (Å²) < 4.78 is 14.9. The van der Waals surface area contributed by atoms with Crippen molar-refractivity contribution in [3.63, 3.8) is 0 Å². The van der Waals surface area contributed by atoms with Crippen molar-refractivity contribution in [1.82, 2.24) is 19.7 Å². The van der Waals surface area contributed by atoms with Crippen molar-refractivity contribution in [2.75, 3.05) is 19.6 Å². The first kappa shape index (κ1) is 19.5. The second kappa shape index (κ2) is 8.16. The summed E-state index contributed by atoms with van der Waals surface area (Å²) in [6, 6.07) is 9.80.